The molecule has 330 valence electrons. The van der Waals surface area contributed by atoms with Crippen molar-refractivity contribution in [3.63, 3.8) is 0 Å². The van der Waals surface area contributed by atoms with Crippen molar-refractivity contribution in [3.05, 3.63) is 82.2 Å². The lowest BCUT2D eigenvalue weighted by Gasteiger charge is -2.61. The Bertz CT molecular complexity index is 2660. The van der Waals surface area contributed by atoms with Crippen LogP contribution in [0.15, 0.2) is 72.8 Å². The summed E-state index contributed by atoms with van der Waals surface area (Å²) < 4.78 is 16.9. The maximum Gasteiger partial charge on any atom is 0.249 e. The maximum atomic E-state index is 17.1. The average Bonchev–Trinajstić information content (AvgIpc) is 3.98. The van der Waals surface area contributed by atoms with Crippen LogP contribution in [0.1, 0.15) is 103 Å². The number of carbonyl (C=O) groups excluding carboxylic acids is 2. The molecule has 4 saturated carbocycles. The number of methoxy groups -OCH3 is 2. The molecular formula is C50H56Cl2N6O4S. The highest BCUT2D eigenvalue weighted by Gasteiger charge is 2.73. The van der Waals surface area contributed by atoms with Crippen molar-refractivity contribution in [2.24, 2.45) is 11.8 Å². The molecule has 0 saturated heterocycles. The third-order valence-electron chi connectivity index (χ3n) is 14.9. The lowest BCUT2D eigenvalue weighted by atomic mass is 9.52. The van der Waals surface area contributed by atoms with Crippen LogP contribution in [-0.4, -0.2) is 57.2 Å². The van der Waals surface area contributed by atoms with Crippen molar-refractivity contribution in [2.45, 2.75) is 126 Å². The summed E-state index contributed by atoms with van der Waals surface area (Å²) in [7, 11) is 3.32. The first-order chi connectivity index (χ1) is 30.8. The lowest BCUT2D eigenvalue weighted by molar-refractivity contribution is -0.167. The van der Waals surface area contributed by atoms with Crippen LogP contribution in [-0.2, 0) is 20.7 Å². The molecule has 4 fully saturated rings. The molecule has 4 aliphatic rings. The molecule has 10 nitrogen and oxygen atoms in total. The van der Waals surface area contributed by atoms with Gasteiger partial charge in [-0.05, 0) is 112 Å². The van der Waals surface area contributed by atoms with Gasteiger partial charge in [0.05, 0.1) is 45.5 Å². The van der Waals surface area contributed by atoms with Crippen LogP contribution in [0.2, 0.25) is 9.36 Å². The third kappa shape index (κ3) is 7.12. The van der Waals surface area contributed by atoms with E-state index in [0.717, 1.165) is 119 Å². The van der Waals surface area contributed by atoms with E-state index in [4.69, 9.17) is 42.6 Å². The number of hydrogen-bond donors (Lipinski definition) is 2. The van der Waals surface area contributed by atoms with Gasteiger partial charge in [-0.15, -0.1) is 11.3 Å². The second kappa shape index (κ2) is 17.4. The normalized spacial score (nSPS) is 19.8. The predicted molar refractivity (Wildman–Crippen MR) is 252 cm³/mol. The SMILES string of the molecule is COc1ccc2nc(-c3cccc(Cl)c3)n(C(C(=O)NC3CCCCC3)(C3CCC3)C(C(=O)NC3CCCCC3)(C3CCC3)n3c(-c4ccc(Cl)s4)nc4ccc(OC)cc43)c2c1. The first-order valence-electron chi connectivity index (χ1n) is 23.0. The third-order valence-corrected chi connectivity index (χ3v) is 16.3. The standard InChI is InChI=1S/C50H56Cl2N6O4S/c1-61-37-22-24-39-41(29-37)57(45(55-39)31-12-9-17-34(51)28-31)49(32-13-10-14-32,47(59)53-35-18-5-3-6-19-35)50(33-15-11-16-33,48(60)54-36-20-7-4-8-21-36)58-42-30-38(62-2)23-25-40(42)56-46(58)43-26-27-44(52)63-43/h9,12,17,22-30,32-33,35-36H,3-8,10-11,13-16,18-21H2,1-2H3,(H,53,59)(H,54,60). The second-order valence-electron chi connectivity index (χ2n) is 18.3. The number of halogens is 2. The number of fused-ring (bicyclic) bond motifs is 2. The molecule has 0 spiro atoms. The van der Waals surface area contributed by atoms with Crippen molar-refractivity contribution < 1.29 is 19.1 Å². The van der Waals surface area contributed by atoms with Gasteiger partial charge in [-0.25, -0.2) is 9.97 Å². The molecule has 2 N–H and O–H groups in total. The van der Waals surface area contributed by atoms with Crippen LogP contribution in [0.4, 0.5) is 0 Å². The van der Waals surface area contributed by atoms with Crippen LogP contribution in [0.3, 0.4) is 0 Å². The first kappa shape index (κ1) is 42.4. The van der Waals surface area contributed by atoms with Gasteiger partial charge >= 0.3 is 0 Å². The van der Waals surface area contributed by atoms with Gasteiger partial charge in [-0.3, -0.25) is 9.59 Å². The molecule has 4 aliphatic carbocycles. The van der Waals surface area contributed by atoms with E-state index in [9.17, 15) is 0 Å². The summed E-state index contributed by atoms with van der Waals surface area (Å²) in [6.07, 6.45) is 14.7. The van der Waals surface area contributed by atoms with E-state index in [2.05, 4.69) is 19.8 Å². The van der Waals surface area contributed by atoms with Crippen LogP contribution in [0, 0.1) is 11.8 Å². The summed E-state index contributed by atoms with van der Waals surface area (Å²) in [5.74, 6) is 1.55. The number of imidazole rings is 2. The fourth-order valence-corrected chi connectivity index (χ4v) is 12.7. The molecule has 2 amide bonds. The molecule has 3 aromatic carbocycles. The topological polar surface area (TPSA) is 112 Å². The van der Waals surface area contributed by atoms with E-state index in [-0.39, 0.29) is 35.7 Å². The molecule has 0 radical (unpaired) electrons. The number of amides is 2. The summed E-state index contributed by atoms with van der Waals surface area (Å²) >= 11 is 15.1. The van der Waals surface area contributed by atoms with Gasteiger partial charge in [0.25, 0.3) is 0 Å². The lowest BCUT2D eigenvalue weighted by Crippen LogP contribution is -2.77. The highest BCUT2D eigenvalue weighted by Crippen LogP contribution is 2.61. The van der Waals surface area contributed by atoms with E-state index in [1.807, 2.05) is 72.8 Å². The van der Waals surface area contributed by atoms with E-state index >= 15 is 9.59 Å². The Balaban J connectivity index is 1.42. The van der Waals surface area contributed by atoms with Crippen LogP contribution >= 0.6 is 34.5 Å². The van der Waals surface area contributed by atoms with Gasteiger partial charge in [0, 0.05) is 34.8 Å². The largest absolute Gasteiger partial charge is 0.497 e. The quantitative estimate of drug-likeness (QED) is 0.119. The van der Waals surface area contributed by atoms with Gasteiger partial charge < -0.3 is 29.2 Å². The van der Waals surface area contributed by atoms with E-state index in [1.54, 1.807) is 14.2 Å². The molecule has 0 bridgehead atoms. The number of nitrogens with zero attached hydrogens (tertiary/aromatic N) is 4. The van der Waals surface area contributed by atoms with Crippen molar-refractivity contribution >= 4 is 68.4 Å². The first-order valence-corrected chi connectivity index (χ1v) is 24.6. The van der Waals surface area contributed by atoms with Crippen LogP contribution in [0.25, 0.3) is 44.2 Å². The van der Waals surface area contributed by atoms with Crippen molar-refractivity contribution in [3.8, 4) is 33.6 Å². The minimum Gasteiger partial charge on any atom is -0.497 e. The van der Waals surface area contributed by atoms with E-state index in [0.29, 0.717) is 49.1 Å². The Morgan fingerprint density at radius 1 is 0.619 bits per heavy atom. The monoisotopic (exact) mass is 906 g/mol. The summed E-state index contributed by atoms with van der Waals surface area (Å²) in [5.41, 5.74) is 0.363. The number of nitrogens with one attached hydrogen (secondary N) is 2. The average molecular weight is 908 g/mol. The van der Waals surface area contributed by atoms with Crippen molar-refractivity contribution in [1.29, 1.82) is 0 Å². The molecule has 13 heteroatoms. The number of rotatable bonds is 13. The summed E-state index contributed by atoms with van der Waals surface area (Å²) in [4.78, 5) is 46.0. The Kier molecular flexibility index (Phi) is 11.7. The predicted octanol–water partition coefficient (Wildman–Crippen LogP) is 11.7. The smallest absolute Gasteiger partial charge is 0.249 e. The zero-order chi connectivity index (χ0) is 43.3. The van der Waals surface area contributed by atoms with Gasteiger partial charge in [-0.1, -0.05) is 86.7 Å². The van der Waals surface area contributed by atoms with Crippen LogP contribution in [0.5, 0.6) is 11.5 Å². The number of hydrogen-bond acceptors (Lipinski definition) is 7. The highest BCUT2D eigenvalue weighted by atomic mass is 35.5. The highest BCUT2D eigenvalue weighted by molar-refractivity contribution is 7.19. The summed E-state index contributed by atoms with van der Waals surface area (Å²) in [6.45, 7) is 0. The minimum atomic E-state index is -1.61. The van der Waals surface area contributed by atoms with Crippen LogP contribution < -0.4 is 20.1 Å². The Hall–Kier alpha value is -4.58. The molecule has 6 aromatic rings. The maximum absolute atomic E-state index is 17.1. The molecule has 2 unspecified atom stereocenters. The molecule has 63 heavy (non-hydrogen) atoms. The summed E-state index contributed by atoms with van der Waals surface area (Å²) in [5, 5.41) is 8.03. The van der Waals surface area contributed by atoms with Gasteiger partial charge in [0.1, 0.15) is 17.3 Å². The number of ether oxygens (including phenoxy) is 2. The molecule has 0 aliphatic heterocycles. The van der Waals surface area contributed by atoms with Gasteiger partial charge in [-0.2, -0.15) is 0 Å². The molecule has 3 heterocycles. The number of aromatic nitrogens is 4. The Labute approximate surface area is 383 Å². The fraction of sp³-hybridized carbons (Fsp3) is 0.480. The van der Waals surface area contributed by atoms with E-state index < -0.39 is 11.1 Å². The van der Waals surface area contributed by atoms with Gasteiger partial charge in [0.15, 0.2) is 16.9 Å². The van der Waals surface area contributed by atoms with Gasteiger partial charge in [0.2, 0.25) is 11.8 Å². The second-order valence-corrected chi connectivity index (χ2v) is 20.4. The molecule has 3 aromatic heterocycles. The zero-order valence-corrected chi connectivity index (χ0v) is 38.5. The minimum absolute atomic E-state index is 0.0535. The number of benzene rings is 3. The molecule has 2 atom stereocenters. The van der Waals surface area contributed by atoms with Crippen molar-refractivity contribution in [1.82, 2.24) is 29.7 Å². The number of thiophene rings is 1. The Morgan fingerprint density at radius 3 is 1.57 bits per heavy atom. The zero-order valence-electron chi connectivity index (χ0n) is 36.1. The van der Waals surface area contributed by atoms with Crippen molar-refractivity contribution in [2.75, 3.05) is 14.2 Å². The number of carbonyl (C=O) groups is 2. The van der Waals surface area contributed by atoms with E-state index in [1.165, 1.54) is 11.3 Å². The molecule has 10 rings (SSSR count). The molecular weight excluding hydrogens is 852 g/mol. The Morgan fingerprint density at radius 2 is 1.13 bits per heavy atom. The fourth-order valence-electron chi connectivity index (χ4n) is 11.5. The summed E-state index contributed by atoms with van der Waals surface area (Å²) in [6, 6.07) is 23.3.